The maximum atomic E-state index is 12.7. The fourth-order valence-corrected chi connectivity index (χ4v) is 3.98. The average Bonchev–Trinajstić information content (AvgIpc) is 3.44. The minimum Gasteiger partial charge on any atom is -0.497 e. The molecule has 2 saturated heterocycles. The highest BCUT2D eigenvalue weighted by molar-refractivity contribution is 5.78. The number of benzene rings is 1. The number of aromatic nitrogens is 2. The lowest BCUT2D eigenvalue weighted by molar-refractivity contribution is -0.134. The van der Waals surface area contributed by atoms with Crippen molar-refractivity contribution in [2.75, 3.05) is 38.3 Å². The summed E-state index contributed by atoms with van der Waals surface area (Å²) in [7, 11) is 1.65. The molecule has 3 heterocycles. The number of ether oxygens (including phenoxy) is 2. The van der Waals surface area contributed by atoms with Gasteiger partial charge < -0.3 is 19.3 Å². The van der Waals surface area contributed by atoms with Crippen molar-refractivity contribution >= 4 is 11.7 Å². The summed E-state index contributed by atoms with van der Waals surface area (Å²) in [5, 5.41) is 8.35. The molecule has 1 atom stereocenters. The van der Waals surface area contributed by atoms with Gasteiger partial charge in [-0.2, -0.15) is 0 Å². The second-order valence-electron chi connectivity index (χ2n) is 7.23. The largest absolute Gasteiger partial charge is 0.497 e. The predicted molar refractivity (Wildman–Crippen MR) is 106 cm³/mol. The quantitative estimate of drug-likeness (QED) is 0.765. The molecule has 0 radical (unpaired) electrons. The SMILES string of the molecule is COc1cccc([C@@H]2CCCN2C(=O)COc2ccc(N3CCCC3)nn2)c1. The molecule has 2 aromatic rings. The zero-order valence-corrected chi connectivity index (χ0v) is 16.2. The van der Waals surface area contributed by atoms with Crippen LogP contribution in [0.15, 0.2) is 36.4 Å². The Kier molecular flexibility index (Phi) is 5.60. The highest BCUT2D eigenvalue weighted by Gasteiger charge is 2.30. The zero-order chi connectivity index (χ0) is 19.3. The molecule has 1 aromatic heterocycles. The van der Waals surface area contributed by atoms with Gasteiger partial charge in [-0.1, -0.05) is 12.1 Å². The second-order valence-corrected chi connectivity index (χ2v) is 7.23. The van der Waals surface area contributed by atoms with Gasteiger partial charge in [-0.3, -0.25) is 4.79 Å². The average molecular weight is 382 g/mol. The van der Waals surface area contributed by atoms with Crippen molar-refractivity contribution in [2.45, 2.75) is 31.7 Å². The summed E-state index contributed by atoms with van der Waals surface area (Å²) in [5.41, 5.74) is 1.10. The third-order valence-electron chi connectivity index (χ3n) is 5.45. The Labute approximate surface area is 165 Å². The maximum Gasteiger partial charge on any atom is 0.261 e. The van der Waals surface area contributed by atoms with E-state index in [1.54, 1.807) is 13.2 Å². The van der Waals surface area contributed by atoms with Gasteiger partial charge in [0.2, 0.25) is 5.88 Å². The Hall–Kier alpha value is -2.83. The first-order valence-electron chi connectivity index (χ1n) is 9.89. The summed E-state index contributed by atoms with van der Waals surface area (Å²) in [6, 6.07) is 11.7. The molecule has 0 unspecified atom stereocenters. The first kappa shape index (κ1) is 18.5. The molecule has 28 heavy (non-hydrogen) atoms. The first-order valence-corrected chi connectivity index (χ1v) is 9.89. The van der Waals surface area contributed by atoms with E-state index < -0.39 is 0 Å². The molecule has 0 saturated carbocycles. The fraction of sp³-hybridized carbons (Fsp3) is 0.476. The van der Waals surface area contributed by atoms with Gasteiger partial charge in [0, 0.05) is 25.7 Å². The van der Waals surface area contributed by atoms with E-state index in [0.29, 0.717) is 5.88 Å². The van der Waals surface area contributed by atoms with Gasteiger partial charge in [-0.05, 0) is 49.4 Å². The molecule has 1 amide bonds. The van der Waals surface area contributed by atoms with Crippen LogP contribution in [0.4, 0.5) is 5.82 Å². The Morgan fingerprint density at radius 1 is 1.11 bits per heavy atom. The van der Waals surface area contributed by atoms with Crippen LogP contribution < -0.4 is 14.4 Å². The molecule has 2 fully saturated rings. The number of amides is 1. The van der Waals surface area contributed by atoms with Crippen molar-refractivity contribution in [1.82, 2.24) is 15.1 Å². The van der Waals surface area contributed by atoms with Crippen LogP contribution in [0.1, 0.15) is 37.3 Å². The number of methoxy groups -OCH3 is 1. The van der Waals surface area contributed by atoms with E-state index in [9.17, 15) is 4.79 Å². The van der Waals surface area contributed by atoms with E-state index in [4.69, 9.17) is 9.47 Å². The van der Waals surface area contributed by atoms with E-state index in [0.717, 1.165) is 49.6 Å². The molecule has 2 aliphatic heterocycles. The number of carbonyl (C=O) groups is 1. The molecule has 0 bridgehead atoms. The van der Waals surface area contributed by atoms with E-state index in [1.165, 1.54) is 12.8 Å². The van der Waals surface area contributed by atoms with E-state index >= 15 is 0 Å². The molecule has 7 nitrogen and oxygen atoms in total. The Morgan fingerprint density at radius 3 is 2.71 bits per heavy atom. The Morgan fingerprint density at radius 2 is 1.96 bits per heavy atom. The highest BCUT2D eigenvalue weighted by atomic mass is 16.5. The maximum absolute atomic E-state index is 12.7. The van der Waals surface area contributed by atoms with Gasteiger partial charge in [0.1, 0.15) is 5.75 Å². The third-order valence-corrected chi connectivity index (χ3v) is 5.45. The number of likely N-dealkylation sites (tertiary alicyclic amines) is 1. The fourth-order valence-electron chi connectivity index (χ4n) is 3.98. The van der Waals surface area contributed by atoms with Crippen molar-refractivity contribution in [3.8, 4) is 11.6 Å². The van der Waals surface area contributed by atoms with E-state index in [2.05, 4.69) is 15.1 Å². The Balaban J connectivity index is 1.36. The van der Waals surface area contributed by atoms with Crippen LogP contribution in [-0.4, -0.2) is 54.4 Å². The van der Waals surface area contributed by atoms with Gasteiger partial charge in [-0.15, -0.1) is 10.2 Å². The number of nitrogens with zero attached hydrogens (tertiary/aromatic N) is 4. The van der Waals surface area contributed by atoms with Crippen LogP contribution in [0.25, 0.3) is 0 Å². The number of hydrogen-bond donors (Lipinski definition) is 0. The van der Waals surface area contributed by atoms with Gasteiger partial charge >= 0.3 is 0 Å². The lowest BCUT2D eigenvalue weighted by Gasteiger charge is -2.25. The number of hydrogen-bond acceptors (Lipinski definition) is 6. The van der Waals surface area contributed by atoms with Crippen LogP contribution in [0.3, 0.4) is 0 Å². The van der Waals surface area contributed by atoms with Gasteiger partial charge in [0.15, 0.2) is 12.4 Å². The molecule has 0 aliphatic carbocycles. The molecule has 148 valence electrons. The number of anilines is 1. The molecule has 7 heteroatoms. The van der Waals surface area contributed by atoms with Crippen LogP contribution in [0.5, 0.6) is 11.6 Å². The standard InChI is InChI=1S/C21H26N4O3/c1-27-17-7-4-6-16(14-17)18-8-5-13-25(18)21(26)15-28-20-10-9-19(22-23-20)24-11-2-3-12-24/h4,6-7,9-10,14,18H,2-3,5,8,11-13,15H2,1H3/t18-/m0/s1. The van der Waals surface area contributed by atoms with E-state index in [-0.39, 0.29) is 18.6 Å². The smallest absolute Gasteiger partial charge is 0.261 e. The van der Waals surface area contributed by atoms with Crippen LogP contribution in [0, 0.1) is 0 Å². The summed E-state index contributed by atoms with van der Waals surface area (Å²) in [5.74, 6) is 2.03. The molecule has 0 spiro atoms. The van der Waals surface area contributed by atoms with Gasteiger partial charge in [0.05, 0.1) is 13.2 Å². The molecule has 2 aliphatic rings. The second kappa shape index (κ2) is 8.46. The van der Waals surface area contributed by atoms with Gasteiger partial charge in [-0.25, -0.2) is 0 Å². The van der Waals surface area contributed by atoms with Crippen molar-refractivity contribution in [2.24, 2.45) is 0 Å². The lowest BCUT2D eigenvalue weighted by Crippen LogP contribution is -2.34. The van der Waals surface area contributed by atoms with Gasteiger partial charge in [0.25, 0.3) is 5.91 Å². The summed E-state index contributed by atoms with van der Waals surface area (Å²) in [6.07, 6.45) is 4.32. The molecular weight excluding hydrogens is 356 g/mol. The normalized spacial score (nSPS) is 19.1. The summed E-state index contributed by atoms with van der Waals surface area (Å²) in [6.45, 7) is 2.75. The number of rotatable bonds is 6. The first-order chi connectivity index (χ1) is 13.7. The number of carbonyl (C=O) groups excluding carboxylic acids is 1. The van der Waals surface area contributed by atoms with E-state index in [1.807, 2.05) is 35.2 Å². The monoisotopic (exact) mass is 382 g/mol. The Bertz CT molecular complexity index is 806. The highest BCUT2D eigenvalue weighted by Crippen LogP contribution is 2.33. The van der Waals surface area contributed by atoms with Crippen LogP contribution in [-0.2, 0) is 4.79 Å². The molecule has 4 rings (SSSR count). The minimum atomic E-state index is -0.0317. The van der Waals surface area contributed by atoms with Crippen LogP contribution >= 0.6 is 0 Å². The molecular formula is C21H26N4O3. The van der Waals surface area contributed by atoms with Crippen LogP contribution in [0.2, 0.25) is 0 Å². The molecule has 1 aromatic carbocycles. The summed E-state index contributed by atoms with van der Waals surface area (Å²) >= 11 is 0. The lowest BCUT2D eigenvalue weighted by atomic mass is 10.0. The van der Waals surface area contributed by atoms with Crippen molar-refractivity contribution in [3.05, 3.63) is 42.0 Å². The summed E-state index contributed by atoms with van der Waals surface area (Å²) in [4.78, 5) is 16.8. The topological polar surface area (TPSA) is 67.8 Å². The van der Waals surface area contributed by atoms with Crippen molar-refractivity contribution < 1.29 is 14.3 Å². The zero-order valence-electron chi connectivity index (χ0n) is 16.2. The summed E-state index contributed by atoms with van der Waals surface area (Å²) < 4.78 is 10.9. The van der Waals surface area contributed by atoms with Crippen molar-refractivity contribution in [3.63, 3.8) is 0 Å². The third kappa shape index (κ3) is 4.03. The van der Waals surface area contributed by atoms with Crippen molar-refractivity contribution in [1.29, 1.82) is 0 Å². The molecule has 0 N–H and O–H groups in total. The predicted octanol–water partition coefficient (Wildman–Crippen LogP) is 2.83. The minimum absolute atomic E-state index is 0.0296.